The van der Waals surface area contributed by atoms with Crippen LogP contribution in [0.4, 0.5) is 0 Å². The standard InChI is InChI=1S/C13H12O/c1-9-3-4-13-10(2)6-11(8-14)7-12(13)5-9/h3-8H,1-2H3. The molecule has 0 spiro atoms. The first kappa shape index (κ1) is 8.95. The molecule has 1 heteroatoms. The van der Waals surface area contributed by atoms with Crippen LogP contribution in [0.1, 0.15) is 21.5 Å². The van der Waals surface area contributed by atoms with Gasteiger partial charge in [-0.15, -0.1) is 0 Å². The highest BCUT2D eigenvalue weighted by atomic mass is 16.1. The van der Waals surface area contributed by atoms with Gasteiger partial charge in [-0.25, -0.2) is 0 Å². The predicted octanol–water partition coefficient (Wildman–Crippen LogP) is 3.27. The summed E-state index contributed by atoms with van der Waals surface area (Å²) in [6.07, 6.45) is 0.898. The predicted molar refractivity (Wildman–Crippen MR) is 58.8 cm³/mol. The molecule has 0 aliphatic rings. The van der Waals surface area contributed by atoms with E-state index in [2.05, 4.69) is 25.1 Å². The number of carbonyl (C=O) groups is 1. The van der Waals surface area contributed by atoms with Crippen molar-refractivity contribution >= 4 is 17.1 Å². The molecular formula is C13H12O. The minimum atomic E-state index is 0.751. The minimum Gasteiger partial charge on any atom is -0.298 e. The van der Waals surface area contributed by atoms with Crippen LogP contribution in [0.25, 0.3) is 10.8 Å². The Morgan fingerprint density at radius 3 is 2.57 bits per heavy atom. The first-order chi connectivity index (χ1) is 6.70. The van der Waals surface area contributed by atoms with Crippen molar-refractivity contribution in [3.8, 4) is 0 Å². The fourth-order valence-electron chi connectivity index (χ4n) is 1.78. The molecule has 2 aromatic carbocycles. The van der Waals surface area contributed by atoms with Gasteiger partial charge in [-0.2, -0.15) is 0 Å². The normalized spacial score (nSPS) is 10.4. The Balaban J connectivity index is 2.83. The van der Waals surface area contributed by atoms with Gasteiger partial charge in [-0.05, 0) is 42.3 Å². The smallest absolute Gasteiger partial charge is 0.150 e. The van der Waals surface area contributed by atoms with Gasteiger partial charge in [0.05, 0.1) is 0 Å². The number of carbonyl (C=O) groups excluding carboxylic acids is 1. The maximum Gasteiger partial charge on any atom is 0.150 e. The van der Waals surface area contributed by atoms with E-state index in [1.165, 1.54) is 10.9 Å². The van der Waals surface area contributed by atoms with Gasteiger partial charge in [-0.1, -0.05) is 23.8 Å². The zero-order valence-corrected chi connectivity index (χ0v) is 8.37. The lowest BCUT2D eigenvalue weighted by atomic mass is 10.0. The maximum absolute atomic E-state index is 10.7. The SMILES string of the molecule is Cc1ccc2c(C)cc(C=O)cc2c1. The molecule has 0 fully saturated rings. The van der Waals surface area contributed by atoms with Crippen LogP contribution < -0.4 is 0 Å². The Bertz CT molecular complexity index is 498. The fraction of sp³-hybridized carbons (Fsp3) is 0.154. The molecule has 70 valence electrons. The molecule has 0 aliphatic carbocycles. The largest absolute Gasteiger partial charge is 0.298 e. The molecule has 1 nitrogen and oxygen atoms in total. The molecule has 14 heavy (non-hydrogen) atoms. The number of aryl methyl sites for hydroxylation is 2. The highest BCUT2D eigenvalue weighted by Gasteiger charge is 2.00. The molecule has 0 saturated heterocycles. The molecule has 0 saturated carbocycles. The monoisotopic (exact) mass is 184 g/mol. The third kappa shape index (κ3) is 1.41. The zero-order chi connectivity index (χ0) is 10.1. The Morgan fingerprint density at radius 2 is 1.86 bits per heavy atom. The zero-order valence-electron chi connectivity index (χ0n) is 8.37. The van der Waals surface area contributed by atoms with Gasteiger partial charge in [0, 0.05) is 5.56 Å². The molecule has 0 heterocycles. The van der Waals surface area contributed by atoms with Crippen LogP contribution in [-0.4, -0.2) is 6.29 Å². The van der Waals surface area contributed by atoms with Crippen molar-refractivity contribution in [1.82, 2.24) is 0 Å². The number of hydrogen-bond donors (Lipinski definition) is 0. The third-order valence-corrected chi connectivity index (χ3v) is 2.47. The lowest BCUT2D eigenvalue weighted by Gasteiger charge is -2.04. The van der Waals surface area contributed by atoms with E-state index in [0.29, 0.717) is 0 Å². The van der Waals surface area contributed by atoms with Crippen molar-refractivity contribution in [2.45, 2.75) is 13.8 Å². The topological polar surface area (TPSA) is 17.1 Å². The van der Waals surface area contributed by atoms with Crippen LogP contribution in [-0.2, 0) is 0 Å². The van der Waals surface area contributed by atoms with E-state index in [9.17, 15) is 4.79 Å². The third-order valence-electron chi connectivity index (χ3n) is 2.47. The summed E-state index contributed by atoms with van der Waals surface area (Å²) in [6.45, 7) is 4.09. The lowest BCUT2D eigenvalue weighted by Crippen LogP contribution is -1.85. The van der Waals surface area contributed by atoms with E-state index in [1.54, 1.807) is 0 Å². The molecule has 2 rings (SSSR count). The van der Waals surface area contributed by atoms with Crippen LogP contribution in [0.3, 0.4) is 0 Å². The van der Waals surface area contributed by atoms with Crippen molar-refractivity contribution in [1.29, 1.82) is 0 Å². The quantitative estimate of drug-likeness (QED) is 0.622. The van der Waals surface area contributed by atoms with E-state index < -0.39 is 0 Å². The highest BCUT2D eigenvalue weighted by molar-refractivity contribution is 5.91. The van der Waals surface area contributed by atoms with Gasteiger partial charge in [-0.3, -0.25) is 4.79 Å². The summed E-state index contributed by atoms with van der Waals surface area (Å²) in [7, 11) is 0. The first-order valence-corrected chi connectivity index (χ1v) is 4.67. The molecular weight excluding hydrogens is 172 g/mol. The molecule has 0 unspecified atom stereocenters. The van der Waals surface area contributed by atoms with E-state index in [1.807, 2.05) is 19.1 Å². The average molecular weight is 184 g/mol. The highest BCUT2D eigenvalue weighted by Crippen LogP contribution is 2.21. The van der Waals surface area contributed by atoms with E-state index in [0.717, 1.165) is 22.8 Å². The van der Waals surface area contributed by atoms with Crippen molar-refractivity contribution in [2.24, 2.45) is 0 Å². The molecule has 0 N–H and O–H groups in total. The number of fused-ring (bicyclic) bond motifs is 1. The number of benzene rings is 2. The Hall–Kier alpha value is -1.63. The molecule has 0 bridgehead atoms. The van der Waals surface area contributed by atoms with Crippen molar-refractivity contribution in [2.75, 3.05) is 0 Å². The second-order valence-electron chi connectivity index (χ2n) is 3.68. The molecule has 0 radical (unpaired) electrons. The summed E-state index contributed by atoms with van der Waals surface area (Å²) >= 11 is 0. The Kier molecular flexibility index (Phi) is 2.08. The number of rotatable bonds is 1. The van der Waals surface area contributed by atoms with Crippen LogP contribution in [0.15, 0.2) is 30.3 Å². The summed E-state index contributed by atoms with van der Waals surface area (Å²) in [5.41, 5.74) is 3.13. The molecule has 2 aromatic rings. The van der Waals surface area contributed by atoms with E-state index >= 15 is 0 Å². The lowest BCUT2D eigenvalue weighted by molar-refractivity contribution is 0.112. The Labute approximate surface area is 83.4 Å². The first-order valence-electron chi connectivity index (χ1n) is 4.67. The van der Waals surface area contributed by atoms with Crippen LogP contribution >= 0.6 is 0 Å². The molecule has 0 amide bonds. The average Bonchev–Trinajstić information content (AvgIpc) is 2.16. The van der Waals surface area contributed by atoms with Gasteiger partial charge in [0.15, 0.2) is 0 Å². The second kappa shape index (κ2) is 3.26. The van der Waals surface area contributed by atoms with E-state index in [4.69, 9.17) is 0 Å². The maximum atomic E-state index is 10.7. The van der Waals surface area contributed by atoms with Crippen LogP contribution in [0.5, 0.6) is 0 Å². The van der Waals surface area contributed by atoms with Gasteiger partial charge >= 0.3 is 0 Å². The summed E-state index contributed by atoms with van der Waals surface area (Å²) in [4.78, 5) is 10.7. The molecule has 0 atom stereocenters. The van der Waals surface area contributed by atoms with Gasteiger partial charge in [0.1, 0.15) is 6.29 Å². The second-order valence-corrected chi connectivity index (χ2v) is 3.68. The van der Waals surface area contributed by atoms with Gasteiger partial charge in [0.2, 0.25) is 0 Å². The minimum absolute atomic E-state index is 0.751. The summed E-state index contributed by atoms with van der Waals surface area (Å²) in [5.74, 6) is 0. The van der Waals surface area contributed by atoms with Crippen LogP contribution in [0.2, 0.25) is 0 Å². The van der Waals surface area contributed by atoms with Crippen molar-refractivity contribution in [3.63, 3.8) is 0 Å². The summed E-state index contributed by atoms with van der Waals surface area (Å²) < 4.78 is 0. The number of aldehydes is 1. The Morgan fingerprint density at radius 1 is 1.07 bits per heavy atom. The van der Waals surface area contributed by atoms with Crippen molar-refractivity contribution in [3.05, 3.63) is 47.0 Å². The fourth-order valence-corrected chi connectivity index (χ4v) is 1.78. The van der Waals surface area contributed by atoms with Crippen molar-refractivity contribution < 1.29 is 4.79 Å². The molecule has 0 aromatic heterocycles. The molecule has 0 aliphatic heterocycles. The summed E-state index contributed by atoms with van der Waals surface area (Å²) in [6, 6.07) is 10.2. The van der Waals surface area contributed by atoms with Gasteiger partial charge in [0.25, 0.3) is 0 Å². The van der Waals surface area contributed by atoms with Gasteiger partial charge < -0.3 is 0 Å². The summed E-state index contributed by atoms with van der Waals surface area (Å²) in [5, 5.41) is 2.37. The van der Waals surface area contributed by atoms with Crippen LogP contribution in [0, 0.1) is 13.8 Å². The number of hydrogen-bond acceptors (Lipinski definition) is 1. The van der Waals surface area contributed by atoms with E-state index in [-0.39, 0.29) is 0 Å².